The fourth-order valence-electron chi connectivity index (χ4n) is 2.80. The summed E-state index contributed by atoms with van der Waals surface area (Å²) in [7, 11) is 0. The second-order valence-electron chi connectivity index (χ2n) is 6.00. The molecule has 136 valence electrons. The van der Waals surface area contributed by atoms with E-state index in [1.54, 1.807) is 12.1 Å². The van der Waals surface area contributed by atoms with E-state index in [1.807, 2.05) is 18.2 Å². The van der Waals surface area contributed by atoms with Gasteiger partial charge in [-0.15, -0.1) is 0 Å². The van der Waals surface area contributed by atoms with Crippen molar-refractivity contribution < 1.29 is 23.1 Å². The van der Waals surface area contributed by atoms with Gasteiger partial charge in [0.15, 0.2) is 11.6 Å². The fraction of sp³-hybridized carbons (Fsp3) is 0.263. The highest BCUT2D eigenvalue weighted by atomic mass is 19.1. The van der Waals surface area contributed by atoms with Crippen LogP contribution in [0.3, 0.4) is 0 Å². The van der Waals surface area contributed by atoms with Gasteiger partial charge in [-0.3, -0.25) is 10.1 Å². The Bertz CT molecular complexity index is 779. The van der Waals surface area contributed by atoms with Crippen LogP contribution >= 0.6 is 0 Å². The molecule has 5 nitrogen and oxygen atoms in total. The first kappa shape index (κ1) is 17.8. The van der Waals surface area contributed by atoms with Crippen molar-refractivity contribution >= 4 is 23.3 Å². The molecule has 1 heterocycles. The molecule has 0 unspecified atom stereocenters. The number of halogens is 2. The molecule has 2 aromatic carbocycles. The minimum absolute atomic E-state index is 0.0325. The van der Waals surface area contributed by atoms with Gasteiger partial charge in [-0.25, -0.2) is 13.6 Å². The first-order valence-corrected chi connectivity index (χ1v) is 8.26. The summed E-state index contributed by atoms with van der Waals surface area (Å²) in [4.78, 5) is 24.6. The predicted octanol–water partition coefficient (Wildman–Crippen LogP) is 3.88. The van der Waals surface area contributed by atoms with Gasteiger partial charge in [0.05, 0.1) is 0 Å². The van der Waals surface area contributed by atoms with Gasteiger partial charge in [-0.1, -0.05) is 30.3 Å². The first-order chi connectivity index (χ1) is 12.5. The molecule has 0 atom stereocenters. The predicted molar refractivity (Wildman–Crippen MR) is 93.1 cm³/mol. The summed E-state index contributed by atoms with van der Waals surface area (Å²) in [6.07, 6.45) is -0.265. The molecular formula is C19H18F2N2O3. The lowest BCUT2D eigenvalue weighted by Crippen LogP contribution is -2.35. The molecule has 1 saturated heterocycles. The number of benzene rings is 2. The van der Waals surface area contributed by atoms with Gasteiger partial charge in [0.1, 0.15) is 18.1 Å². The topological polar surface area (TPSA) is 58.6 Å². The Morgan fingerprint density at radius 1 is 1.08 bits per heavy atom. The zero-order chi connectivity index (χ0) is 18.5. The van der Waals surface area contributed by atoms with Crippen molar-refractivity contribution in [3.63, 3.8) is 0 Å². The van der Waals surface area contributed by atoms with E-state index in [0.717, 1.165) is 17.7 Å². The molecule has 2 aromatic rings. The molecule has 0 saturated carbocycles. The number of carbonyl (C=O) groups is 2. The van der Waals surface area contributed by atoms with Crippen molar-refractivity contribution in [3.05, 3.63) is 59.7 Å². The molecule has 0 aliphatic carbocycles. The Labute approximate surface area is 149 Å². The average molecular weight is 360 g/mol. The van der Waals surface area contributed by atoms with Gasteiger partial charge in [-0.05, 0) is 17.7 Å². The number of hydrogen-bond acceptors (Lipinski definition) is 4. The molecular weight excluding hydrogens is 342 g/mol. The maximum Gasteiger partial charge on any atom is 0.411 e. The van der Waals surface area contributed by atoms with Crippen molar-refractivity contribution in [2.24, 2.45) is 0 Å². The third-order valence-corrected chi connectivity index (χ3v) is 4.11. The van der Waals surface area contributed by atoms with E-state index in [1.165, 1.54) is 4.90 Å². The van der Waals surface area contributed by atoms with E-state index >= 15 is 0 Å². The highest BCUT2D eigenvalue weighted by Crippen LogP contribution is 2.29. The lowest BCUT2D eigenvalue weighted by atomic mass is 10.1. The number of rotatable bonds is 4. The van der Waals surface area contributed by atoms with Gasteiger partial charge in [0, 0.05) is 31.6 Å². The minimum atomic E-state index is -0.802. The number of ketones is 1. The summed E-state index contributed by atoms with van der Waals surface area (Å²) in [5.74, 6) is -1.50. The highest BCUT2D eigenvalue weighted by molar-refractivity contribution is 5.85. The van der Waals surface area contributed by atoms with Crippen molar-refractivity contribution in [1.82, 2.24) is 0 Å². The molecule has 0 radical (unpaired) electrons. The molecule has 3 rings (SSSR count). The molecule has 7 heteroatoms. The SMILES string of the molecule is O=C1CCN(c2c(F)cc(NC(=O)OCc3ccccc3)cc2F)CC1. The van der Waals surface area contributed by atoms with Crippen molar-refractivity contribution in [2.75, 3.05) is 23.3 Å². The van der Waals surface area contributed by atoms with E-state index in [0.29, 0.717) is 0 Å². The quantitative estimate of drug-likeness (QED) is 0.899. The number of hydrogen-bond donors (Lipinski definition) is 1. The first-order valence-electron chi connectivity index (χ1n) is 8.26. The molecule has 1 fully saturated rings. The number of anilines is 2. The molecule has 1 amide bonds. The zero-order valence-corrected chi connectivity index (χ0v) is 14.0. The maximum absolute atomic E-state index is 14.3. The van der Waals surface area contributed by atoms with Crippen LogP contribution in [0.2, 0.25) is 0 Å². The Balaban J connectivity index is 1.63. The molecule has 0 spiro atoms. The lowest BCUT2D eigenvalue weighted by Gasteiger charge is -2.28. The summed E-state index contributed by atoms with van der Waals surface area (Å²) in [6, 6.07) is 11.1. The number of Topliss-reactive ketones (excluding diaryl/α,β-unsaturated/α-hetero) is 1. The van der Waals surface area contributed by atoms with Crippen LogP contribution < -0.4 is 10.2 Å². The maximum atomic E-state index is 14.3. The largest absolute Gasteiger partial charge is 0.444 e. The minimum Gasteiger partial charge on any atom is -0.444 e. The summed E-state index contributed by atoms with van der Waals surface area (Å²) < 4.78 is 33.7. The van der Waals surface area contributed by atoms with Crippen molar-refractivity contribution in [1.29, 1.82) is 0 Å². The van der Waals surface area contributed by atoms with Gasteiger partial charge in [-0.2, -0.15) is 0 Å². The number of ether oxygens (including phenoxy) is 1. The van der Waals surface area contributed by atoms with Crippen LogP contribution in [0.5, 0.6) is 0 Å². The van der Waals surface area contributed by atoms with E-state index in [4.69, 9.17) is 4.74 Å². The average Bonchev–Trinajstić information content (AvgIpc) is 2.62. The highest BCUT2D eigenvalue weighted by Gasteiger charge is 2.23. The Kier molecular flexibility index (Phi) is 5.46. The number of amides is 1. The number of nitrogens with one attached hydrogen (secondary N) is 1. The standard InChI is InChI=1S/C19H18F2N2O3/c20-16-10-14(22-19(25)26-12-13-4-2-1-3-5-13)11-17(21)18(16)23-8-6-15(24)7-9-23/h1-5,10-11H,6-9,12H2,(H,22,25). The van der Waals surface area contributed by atoms with Crippen molar-refractivity contribution in [3.8, 4) is 0 Å². The smallest absolute Gasteiger partial charge is 0.411 e. The zero-order valence-electron chi connectivity index (χ0n) is 14.0. The fourth-order valence-corrected chi connectivity index (χ4v) is 2.80. The second-order valence-corrected chi connectivity index (χ2v) is 6.00. The number of piperidine rings is 1. The summed E-state index contributed by atoms with van der Waals surface area (Å²) >= 11 is 0. The molecule has 1 aliphatic rings. The van der Waals surface area contributed by atoms with Gasteiger partial charge in [0.2, 0.25) is 0 Å². The summed E-state index contributed by atoms with van der Waals surface area (Å²) in [5, 5.41) is 2.32. The second kappa shape index (κ2) is 7.95. The molecule has 0 aromatic heterocycles. The molecule has 1 aliphatic heterocycles. The van der Waals surface area contributed by atoms with Gasteiger partial charge < -0.3 is 9.64 Å². The van der Waals surface area contributed by atoms with Crippen LogP contribution in [-0.2, 0) is 16.1 Å². The lowest BCUT2D eigenvalue weighted by molar-refractivity contribution is -0.119. The van der Waals surface area contributed by atoms with E-state index in [-0.39, 0.29) is 49.7 Å². The van der Waals surface area contributed by atoms with E-state index in [2.05, 4.69) is 5.32 Å². The summed E-state index contributed by atoms with van der Waals surface area (Å²) in [5.41, 5.74) is 0.589. The number of carbonyl (C=O) groups excluding carboxylic acids is 2. The normalized spacial score (nSPS) is 14.2. The molecule has 26 heavy (non-hydrogen) atoms. The third kappa shape index (κ3) is 4.36. The molecule has 0 bridgehead atoms. The van der Waals surface area contributed by atoms with Crippen molar-refractivity contribution in [2.45, 2.75) is 19.4 Å². The van der Waals surface area contributed by atoms with Crippen LogP contribution in [0.4, 0.5) is 25.0 Å². The van der Waals surface area contributed by atoms with Crippen LogP contribution in [0.1, 0.15) is 18.4 Å². The van der Waals surface area contributed by atoms with Crippen LogP contribution in [-0.4, -0.2) is 25.0 Å². The van der Waals surface area contributed by atoms with E-state index in [9.17, 15) is 18.4 Å². The van der Waals surface area contributed by atoms with Crippen LogP contribution in [0.15, 0.2) is 42.5 Å². The van der Waals surface area contributed by atoms with Crippen LogP contribution in [0, 0.1) is 11.6 Å². The van der Waals surface area contributed by atoms with E-state index < -0.39 is 17.7 Å². The Morgan fingerprint density at radius 2 is 1.69 bits per heavy atom. The number of nitrogens with zero attached hydrogens (tertiary/aromatic N) is 1. The third-order valence-electron chi connectivity index (χ3n) is 4.11. The van der Waals surface area contributed by atoms with Crippen LogP contribution in [0.25, 0.3) is 0 Å². The monoisotopic (exact) mass is 360 g/mol. The molecule has 1 N–H and O–H groups in total. The Morgan fingerprint density at radius 3 is 2.31 bits per heavy atom. The van der Waals surface area contributed by atoms with Gasteiger partial charge >= 0.3 is 6.09 Å². The Hall–Kier alpha value is -2.96. The summed E-state index contributed by atoms with van der Waals surface area (Å²) in [6.45, 7) is 0.606. The van der Waals surface area contributed by atoms with Gasteiger partial charge in [0.25, 0.3) is 0 Å².